The third-order valence-electron chi connectivity index (χ3n) is 1.85. The Labute approximate surface area is 69.2 Å². The number of hydrogen-bond donors (Lipinski definition) is 3. The SMILES string of the molecule is CS[C@]1(O)CO[C@H](CO)[C@H]1O. The molecule has 1 saturated heterocycles. The van der Waals surface area contributed by atoms with Crippen molar-refractivity contribution in [3.05, 3.63) is 0 Å². The summed E-state index contributed by atoms with van der Waals surface area (Å²) in [6.45, 7) is -0.190. The van der Waals surface area contributed by atoms with E-state index < -0.39 is 17.1 Å². The van der Waals surface area contributed by atoms with E-state index >= 15 is 0 Å². The topological polar surface area (TPSA) is 69.9 Å². The third kappa shape index (κ3) is 1.52. The predicted octanol–water partition coefficient (Wildman–Crippen LogP) is -1.21. The molecule has 0 aromatic heterocycles. The largest absolute Gasteiger partial charge is 0.394 e. The van der Waals surface area contributed by atoms with Gasteiger partial charge in [0.2, 0.25) is 0 Å². The van der Waals surface area contributed by atoms with Crippen molar-refractivity contribution in [2.45, 2.75) is 17.1 Å². The van der Waals surface area contributed by atoms with Gasteiger partial charge in [0.05, 0.1) is 13.2 Å². The monoisotopic (exact) mass is 180 g/mol. The molecule has 0 bridgehead atoms. The molecule has 1 heterocycles. The van der Waals surface area contributed by atoms with Crippen LogP contribution in [0.3, 0.4) is 0 Å². The molecule has 1 aliphatic heterocycles. The summed E-state index contributed by atoms with van der Waals surface area (Å²) in [5.41, 5.74) is 0. The fourth-order valence-electron chi connectivity index (χ4n) is 1.03. The zero-order chi connectivity index (χ0) is 8.48. The smallest absolute Gasteiger partial charge is 0.161 e. The van der Waals surface area contributed by atoms with Gasteiger partial charge in [0.15, 0.2) is 4.93 Å². The molecule has 0 spiro atoms. The van der Waals surface area contributed by atoms with Crippen LogP contribution in [0.1, 0.15) is 0 Å². The van der Waals surface area contributed by atoms with Crippen molar-refractivity contribution in [3.8, 4) is 0 Å². The molecule has 4 nitrogen and oxygen atoms in total. The van der Waals surface area contributed by atoms with Crippen LogP contribution >= 0.6 is 11.8 Å². The Kier molecular flexibility index (Phi) is 2.77. The number of aliphatic hydroxyl groups is 3. The molecule has 0 aromatic rings. The van der Waals surface area contributed by atoms with E-state index in [2.05, 4.69) is 0 Å². The Morgan fingerprint density at radius 2 is 2.36 bits per heavy atom. The molecule has 66 valence electrons. The van der Waals surface area contributed by atoms with Crippen LogP contribution in [-0.4, -0.2) is 51.9 Å². The van der Waals surface area contributed by atoms with Crippen molar-refractivity contribution >= 4 is 11.8 Å². The van der Waals surface area contributed by atoms with Gasteiger partial charge in [-0.1, -0.05) is 0 Å². The molecular formula is C6H12O4S. The van der Waals surface area contributed by atoms with Crippen molar-refractivity contribution < 1.29 is 20.1 Å². The second-order valence-corrected chi connectivity index (χ2v) is 3.64. The summed E-state index contributed by atoms with van der Waals surface area (Å²) in [6.07, 6.45) is 0.0433. The number of rotatable bonds is 2. The van der Waals surface area contributed by atoms with Gasteiger partial charge in [-0.15, -0.1) is 11.8 Å². The quantitative estimate of drug-likeness (QED) is 0.465. The molecule has 5 heteroatoms. The first-order valence-electron chi connectivity index (χ1n) is 3.32. The molecule has 3 N–H and O–H groups in total. The zero-order valence-corrected chi connectivity index (χ0v) is 7.04. The average molecular weight is 180 g/mol. The van der Waals surface area contributed by atoms with Gasteiger partial charge in [0, 0.05) is 0 Å². The number of aliphatic hydroxyl groups excluding tert-OH is 2. The standard InChI is InChI=1S/C6H12O4S/c1-11-6(9)3-10-4(2-7)5(6)8/h4-5,7-9H,2-3H2,1H3/t4-,5-,6-/m1/s1. The molecular weight excluding hydrogens is 168 g/mol. The Balaban J connectivity index is 2.61. The normalized spacial score (nSPS) is 44.7. The van der Waals surface area contributed by atoms with Gasteiger partial charge in [-0.2, -0.15) is 0 Å². The molecule has 0 radical (unpaired) electrons. The van der Waals surface area contributed by atoms with Crippen molar-refractivity contribution in [3.63, 3.8) is 0 Å². The summed E-state index contributed by atoms with van der Waals surface area (Å²) >= 11 is 1.13. The Morgan fingerprint density at radius 1 is 1.73 bits per heavy atom. The van der Waals surface area contributed by atoms with Gasteiger partial charge in [-0.25, -0.2) is 0 Å². The molecule has 11 heavy (non-hydrogen) atoms. The first kappa shape index (κ1) is 9.28. The summed E-state index contributed by atoms with van der Waals surface area (Å²) in [6, 6.07) is 0. The third-order valence-corrected chi connectivity index (χ3v) is 2.92. The molecule has 0 amide bonds. The minimum Gasteiger partial charge on any atom is -0.394 e. The highest BCUT2D eigenvalue weighted by Gasteiger charge is 2.47. The van der Waals surface area contributed by atoms with E-state index in [9.17, 15) is 10.2 Å². The first-order chi connectivity index (χ1) is 5.14. The maximum Gasteiger partial charge on any atom is 0.161 e. The Hall–Kier alpha value is 0.190. The maximum absolute atomic E-state index is 9.55. The highest BCUT2D eigenvalue weighted by atomic mass is 32.2. The summed E-state index contributed by atoms with van der Waals surface area (Å²) < 4.78 is 4.95. The van der Waals surface area contributed by atoms with Crippen LogP contribution in [0.2, 0.25) is 0 Å². The van der Waals surface area contributed by atoms with Crippen LogP contribution in [0.4, 0.5) is 0 Å². The predicted molar refractivity (Wildman–Crippen MR) is 41.3 cm³/mol. The minimum absolute atomic E-state index is 0.0700. The van der Waals surface area contributed by atoms with E-state index in [0.29, 0.717) is 0 Å². The summed E-state index contributed by atoms with van der Waals surface area (Å²) in [4.78, 5) is -1.24. The number of ether oxygens (including phenoxy) is 1. The van der Waals surface area contributed by atoms with Gasteiger partial charge in [-0.05, 0) is 6.26 Å². The van der Waals surface area contributed by atoms with Crippen LogP contribution in [0.25, 0.3) is 0 Å². The van der Waals surface area contributed by atoms with Gasteiger partial charge in [0.25, 0.3) is 0 Å². The number of thioether (sulfide) groups is 1. The summed E-state index contributed by atoms with van der Waals surface area (Å²) in [7, 11) is 0. The van der Waals surface area contributed by atoms with Crippen LogP contribution in [-0.2, 0) is 4.74 Å². The molecule has 1 aliphatic rings. The van der Waals surface area contributed by atoms with Crippen molar-refractivity contribution in [1.82, 2.24) is 0 Å². The van der Waals surface area contributed by atoms with Crippen LogP contribution in [0.5, 0.6) is 0 Å². The lowest BCUT2D eigenvalue weighted by Gasteiger charge is -2.22. The van der Waals surface area contributed by atoms with E-state index in [4.69, 9.17) is 9.84 Å². The Morgan fingerprint density at radius 3 is 2.64 bits per heavy atom. The summed E-state index contributed by atoms with van der Waals surface area (Å²) in [5.74, 6) is 0. The fourth-order valence-corrected chi connectivity index (χ4v) is 1.60. The molecule has 0 saturated carbocycles. The van der Waals surface area contributed by atoms with Crippen LogP contribution in [0, 0.1) is 0 Å². The van der Waals surface area contributed by atoms with Gasteiger partial charge in [-0.3, -0.25) is 0 Å². The first-order valence-corrected chi connectivity index (χ1v) is 4.54. The summed E-state index contributed by atoms with van der Waals surface area (Å²) in [5, 5.41) is 27.6. The lowest BCUT2D eigenvalue weighted by Crippen LogP contribution is -2.41. The molecule has 0 unspecified atom stereocenters. The molecule has 3 atom stereocenters. The van der Waals surface area contributed by atoms with E-state index in [0.717, 1.165) is 11.8 Å². The number of hydrogen-bond acceptors (Lipinski definition) is 5. The fraction of sp³-hybridized carbons (Fsp3) is 1.00. The molecule has 0 aromatic carbocycles. The van der Waals surface area contributed by atoms with Crippen molar-refractivity contribution in [1.29, 1.82) is 0 Å². The van der Waals surface area contributed by atoms with Gasteiger partial charge < -0.3 is 20.1 Å². The zero-order valence-electron chi connectivity index (χ0n) is 6.23. The van der Waals surface area contributed by atoms with Crippen molar-refractivity contribution in [2.75, 3.05) is 19.5 Å². The highest BCUT2D eigenvalue weighted by molar-refractivity contribution is 7.99. The van der Waals surface area contributed by atoms with Gasteiger partial charge >= 0.3 is 0 Å². The lowest BCUT2D eigenvalue weighted by molar-refractivity contribution is -0.0125. The van der Waals surface area contributed by atoms with E-state index in [-0.39, 0.29) is 13.2 Å². The van der Waals surface area contributed by atoms with E-state index in [1.54, 1.807) is 6.26 Å². The average Bonchev–Trinajstić information content (AvgIpc) is 2.31. The van der Waals surface area contributed by atoms with Crippen molar-refractivity contribution in [2.24, 2.45) is 0 Å². The van der Waals surface area contributed by atoms with E-state index in [1.165, 1.54) is 0 Å². The molecule has 1 rings (SSSR count). The lowest BCUT2D eigenvalue weighted by atomic mass is 10.1. The molecule has 1 fully saturated rings. The van der Waals surface area contributed by atoms with Crippen LogP contribution in [0.15, 0.2) is 0 Å². The van der Waals surface area contributed by atoms with E-state index in [1.807, 2.05) is 0 Å². The maximum atomic E-state index is 9.55. The second-order valence-electron chi connectivity index (χ2n) is 2.53. The van der Waals surface area contributed by atoms with Gasteiger partial charge in [0.1, 0.15) is 12.2 Å². The Bertz CT molecular complexity index is 143. The molecule has 0 aliphatic carbocycles. The van der Waals surface area contributed by atoms with Crippen LogP contribution < -0.4 is 0 Å². The highest BCUT2D eigenvalue weighted by Crippen LogP contribution is 2.32. The minimum atomic E-state index is -1.24. The second kappa shape index (κ2) is 3.28.